The number of aliphatic hydroxyl groups is 1. The second kappa shape index (κ2) is 16.0. The molecule has 242 valence electrons. The van der Waals surface area contributed by atoms with Crippen molar-refractivity contribution in [2.24, 2.45) is 0 Å². The first-order chi connectivity index (χ1) is 21.2. The molecule has 2 aliphatic rings. The van der Waals surface area contributed by atoms with Gasteiger partial charge in [0.15, 0.2) is 23.1 Å². The van der Waals surface area contributed by atoms with Gasteiger partial charge in [-0.2, -0.15) is 0 Å². The van der Waals surface area contributed by atoms with Crippen LogP contribution in [0.1, 0.15) is 37.7 Å². The number of rotatable bonds is 13. The smallest absolute Gasteiger partial charge is 0.248 e. The number of halogens is 2. The van der Waals surface area contributed by atoms with Crippen LogP contribution in [0.25, 0.3) is 0 Å². The van der Waals surface area contributed by atoms with Gasteiger partial charge in [0, 0.05) is 58.9 Å². The SMILES string of the molecule is COCC(=O)N1CCN(Cc2ccc(OCCCN3CCCCCC3=O)c(OC)c2)CC(O)(COc2ccc(F)c(F)c2)C1. The summed E-state index contributed by atoms with van der Waals surface area (Å²) in [6.45, 7) is 2.94. The largest absolute Gasteiger partial charge is 0.493 e. The fourth-order valence-electron chi connectivity index (χ4n) is 5.58. The van der Waals surface area contributed by atoms with Crippen LogP contribution in [0, 0.1) is 11.6 Å². The molecule has 2 saturated heterocycles. The van der Waals surface area contributed by atoms with Crippen LogP contribution in [0.15, 0.2) is 36.4 Å². The Kier molecular flexibility index (Phi) is 12.2. The number of carbonyl (C=O) groups is 2. The lowest BCUT2D eigenvalue weighted by molar-refractivity contribution is -0.138. The quantitative estimate of drug-likeness (QED) is 0.341. The number of methoxy groups -OCH3 is 2. The Bertz CT molecular complexity index is 1270. The number of amides is 2. The van der Waals surface area contributed by atoms with Crippen molar-refractivity contribution in [3.63, 3.8) is 0 Å². The summed E-state index contributed by atoms with van der Waals surface area (Å²) in [4.78, 5) is 30.4. The number of hydrogen-bond donors (Lipinski definition) is 1. The molecule has 2 aromatic carbocycles. The highest BCUT2D eigenvalue weighted by atomic mass is 19.2. The minimum absolute atomic E-state index is 0.0194. The molecule has 12 heteroatoms. The van der Waals surface area contributed by atoms with Gasteiger partial charge >= 0.3 is 0 Å². The van der Waals surface area contributed by atoms with Crippen LogP contribution in [0.2, 0.25) is 0 Å². The maximum atomic E-state index is 13.7. The number of hydrogen-bond acceptors (Lipinski definition) is 8. The third kappa shape index (κ3) is 9.51. The highest BCUT2D eigenvalue weighted by Gasteiger charge is 2.37. The molecule has 0 aliphatic carbocycles. The monoisotopic (exact) mass is 619 g/mol. The van der Waals surface area contributed by atoms with Crippen molar-refractivity contribution in [2.75, 3.05) is 73.3 Å². The summed E-state index contributed by atoms with van der Waals surface area (Å²) in [5.41, 5.74) is -0.600. The predicted molar refractivity (Wildman–Crippen MR) is 159 cm³/mol. The first-order valence-electron chi connectivity index (χ1n) is 15.1. The maximum Gasteiger partial charge on any atom is 0.248 e. The summed E-state index contributed by atoms with van der Waals surface area (Å²) in [7, 11) is 3.00. The number of benzene rings is 2. The summed E-state index contributed by atoms with van der Waals surface area (Å²) < 4.78 is 49.4. The van der Waals surface area contributed by atoms with Crippen molar-refractivity contribution in [3.05, 3.63) is 53.6 Å². The predicted octanol–water partition coefficient (Wildman–Crippen LogP) is 3.25. The molecule has 1 atom stereocenters. The summed E-state index contributed by atoms with van der Waals surface area (Å²) in [6, 6.07) is 8.81. The lowest BCUT2D eigenvalue weighted by Crippen LogP contribution is -2.52. The van der Waals surface area contributed by atoms with E-state index in [9.17, 15) is 23.5 Å². The molecule has 0 aromatic heterocycles. The Morgan fingerprint density at radius 1 is 0.955 bits per heavy atom. The van der Waals surface area contributed by atoms with E-state index in [4.69, 9.17) is 18.9 Å². The van der Waals surface area contributed by atoms with Crippen LogP contribution >= 0.6 is 0 Å². The molecule has 0 radical (unpaired) electrons. The normalized spacial score (nSPS) is 19.8. The summed E-state index contributed by atoms with van der Waals surface area (Å²) in [5, 5.41) is 11.6. The second-order valence-corrected chi connectivity index (χ2v) is 11.4. The van der Waals surface area contributed by atoms with Gasteiger partial charge in [0.25, 0.3) is 0 Å². The third-order valence-electron chi connectivity index (χ3n) is 7.84. The molecule has 1 unspecified atom stereocenters. The van der Waals surface area contributed by atoms with Gasteiger partial charge in [-0.1, -0.05) is 12.5 Å². The average Bonchev–Trinajstić information content (AvgIpc) is 3.31. The van der Waals surface area contributed by atoms with E-state index < -0.39 is 17.2 Å². The summed E-state index contributed by atoms with van der Waals surface area (Å²) >= 11 is 0. The Morgan fingerprint density at radius 2 is 1.80 bits per heavy atom. The van der Waals surface area contributed by atoms with Crippen LogP contribution in [0.5, 0.6) is 17.2 Å². The lowest BCUT2D eigenvalue weighted by atomic mass is 10.0. The van der Waals surface area contributed by atoms with E-state index >= 15 is 0 Å². The van der Waals surface area contributed by atoms with Gasteiger partial charge in [-0.3, -0.25) is 14.5 Å². The molecule has 44 heavy (non-hydrogen) atoms. The number of carbonyl (C=O) groups excluding carboxylic acids is 2. The average molecular weight is 620 g/mol. The minimum atomic E-state index is -1.51. The third-order valence-corrected chi connectivity index (χ3v) is 7.84. The van der Waals surface area contributed by atoms with Crippen molar-refractivity contribution in [1.82, 2.24) is 14.7 Å². The zero-order chi connectivity index (χ0) is 31.5. The molecule has 1 N–H and O–H groups in total. The standard InChI is InChI=1S/C32H43F2N3O7/c1-41-20-31(39)37-15-14-35(21-32(40,22-37)23-44-25-9-10-26(33)27(34)18-25)19-24-8-11-28(29(17-24)42-2)43-16-6-13-36-12-5-3-4-7-30(36)38/h8-11,17-18,40H,3-7,12-16,19-23H2,1-2H3. The first-order valence-corrected chi connectivity index (χ1v) is 15.1. The van der Waals surface area contributed by atoms with Gasteiger partial charge < -0.3 is 33.9 Å². The fraction of sp³-hybridized carbons (Fsp3) is 0.562. The lowest BCUT2D eigenvalue weighted by Gasteiger charge is -2.33. The zero-order valence-electron chi connectivity index (χ0n) is 25.6. The van der Waals surface area contributed by atoms with Gasteiger partial charge in [-0.05, 0) is 49.1 Å². The molecular formula is C32H43F2N3O7. The van der Waals surface area contributed by atoms with Crippen molar-refractivity contribution in [1.29, 1.82) is 0 Å². The molecule has 2 fully saturated rings. The molecule has 4 rings (SSSR count). The second-order valence-electron chi connectivity index (χ2n) is 11.4. The van der Waals surface area contributed by atoms with Gasteiger partial charge in [0.2, 0.25) is 11.8 Å². The zero-order valence-corrected chi connectivity index (χ0v) is 25.6. The fourth-order valence-corrected chi connectivity index (χ4v) is 5.58. The van der Waals surface area contributed by atoms with E-state index in [2.05, 4.69) is 0 Å². The Morgan fingerprint density at radius 3 is 2.57 bits per heavy atom. The molecule has 0 spiro atoms. The highest BCUT2D eigenvalue weighted by Crippen LogP contribution is 2.29. The minimum Gasteiger partial charge on any atom is -0.493 e. The van der Waals surface area contributed by atoms with E-state index in [0.717, 1.165) is 43.5 Å². The van der Waals surface area contributed by atoms with Gasteiger partial charge in [-0.15, -0.1) is 0 Å². The van der Waals surface area contributed by atoms with Crippen LogP contribution in [0.3, 0.4) is 0 Å². The van der Waals surface area contributed by atoms with Crippen molar-refractivity contribution >= 4 is 11.8 Å². The van der Waals surface area contributed by atoms with E-state index in [0.29, 0.717) is 57.1 Å². The van der Waals surface area contributed by atoms with Gasteiger partial charge in [0.05, 0.1) is 20.3 Å². The van der Waals surface area contributed by atoms with Gasteiger partial charge in [0.1, 0.15) is 24.6 Å². The van der Waals surface area contributed by atoms with Crippen molar-refractivity contribution < 1.29 is 42.4 Å². The molecule has 2 aromatic rings. The molecule has 10 nitrogen and oxygen atoms in total. The Hall–Kier alpha value is -3.48. The van der Waals surface area contributed by atoms with E-state index in [1.807, 2.05) is 28.0 Å². The molecule has 2 aliphatic heterocycles. The Balaban J connectivity index is 1.39. The van der Waals surface area contributed by atoms with Crippen LogP contribution in [0.4, 0.5) is 8.78 Å². The molecule has 0 saturated carbocycles. The van der Waals surface area contributed by atoms with Crippen LogP contribution in [-0.4, -0.2) is 111 Å². The first kappa shape index (κ1) is 33.4. The number of ether oxygens (including phenoxy) is 4. The highest BCUT2D eigenvalue weighted by molar-refractivity contribution is 5.77. The Labute approximate surface area is 257 Å². The van der Waals surface area contributed by atoms with Crippen LogP contribution in [-0.2, 0) is 20.9 Å². The van der Waals surface area contributed by atoms with Gasteiger partial charge in [-0.25, -0.2) is 8.78 Å². The maximum absolute atomic E-state index is 13.7. The number of likely N-dealkylation sites (tertiary alicyclic amines) is 1. The molecule has 2 heterocycles. The summed E-state index contributed by atoms with van der Waals surface area (Å²) in [6.07, 6.45) is 4.43. The molecule has 2 amide bonds. The van der Waals surface area contributed by atoms with Crippen LogP contribution < -0.4 is 14.2 Å². The molecule has 0 bridgehead atoms. The number of β-amino-alcohol motifs (C(OH)–C–C–N with tert-alkyl or cyclic N) is 1. The summed E-state index contributed by atoms with van der Waals surface area (Å²) in [5.74, 6) is -0.872. The van der Waals surface area contributed by atoms with Crippen molar-refractivity contribution in [3.8, 4) is 17.2 Å². The van der Waals surface area contributed by atoms with E-state index in [1.165, 1.54) is 18.1 Å². The van der Waals surface area contributed by atoms with E-state index in [1.54, 1.807) is 7.11 Å². The topological polar surface area (TPSA) is 101 Å². The number of nitrogens with zero attached hydrogens (tertiary/aromatic N) is 3. The molecular weight excluding hydrogens is 576 g/mol. The van der Waals surface area contributed by atoms with Crippen molar-refractivity contribution in [2.45, 2.75) is 44.2 Å². The van der Waals surface area contributed by atoms with E-state index in [-0.39, 0.29) is 43.9 Å².